The maximum Gasteiger partial charge on any atom is 0.312 e. The van der Waals surface area contributed by atoms with E-state index in [2.05, 4.69) is 15.4 Å². The lowest BCUT2D eigenvalue weighted by Gasteiger charge is -2.22. The Kier molecular flexibility index (Phi) is 7.33. The summed E-state index contributed by atoms with van der Waals surface area (Å²) in [7, 11) is -4.14. The average molecular weight is 440 g/mol. The number of urea groups is 1. The third-order valence-corrected chi connectivity index (χ3v) is 5.78. The van der Waals surface area contributed by atoms with Crippen molar-refractivity contribution < 1.29 is 26.8 Å². The van der Waals surface area contributed by atoms with Gasteiger partial charge in [0.05, 0.1) is 4.90 Å². The van der Waals surface area contributed by atoms with Crippen LogP contribution in [-0.2, 0) is 14.8 Å². The topological polar surface area (TPSA) is 130 Å². The van der Waals surface area contributed by atoms with Crippen molar-refractivity contribution in [2.24, 2.45) is 11.7 Å². The summed E-state index contributed by atoms with van der Waals surface area (Å²) in [5, 5.41) is 5.02. The molecule has 2 atom stereocenters. The molecule has 2 rings (SSSR count). The summed E-state index contributed by atoms with van der Waals surface area (Å²) in [6.07, 6.45) is 0.628. The maximum absolute atomic E-state index is 13.3. The summed E-state index contributed by atoms with van der Waals surface area (Å²) < 4.78 is 53.2. The van der Waals surface area contributed by atoms with Crippen LogP contribution in [0.25, 0.3) is 0 Å². The Morgan fingerprint density at radius 3 is 2.17 bits per heavy atom. The Morgan fingerprint density at radius 2 is 1.63 bits per heavy atom. The van der Waals surface area contributed by atoms with E-state index in [0.29, 0.717) is 18.2 Å². The molecule has 0 saturated heterocycles. The summed E-state index contributed by atoms with van der Waals surface area (Å²) in [5.74, 6) is -3.08. The van der Waals surface area contributed by atoms with Crippen LogP contribution in [0.5, 0.6) is 0 Å². The zero-order valence-electron chi connectivity index (χ0n) is 16.3. The van der Waals surface area contributed by atoms with Gasteiger partial charge < -0.3 is 16.4 Å². The van der Waals surface area contributed by atoms with E-state index < -0.39 is 44.5 Å². The molecule has 0 aromatic heterocycles. The van der Waals surface area contributed by atoms with Crippen LogP contribution in [0.15, 0.2) is 47.4 Å². The first-order valence-corrected chi connectivity index (χ1v) is 10.5. The van der Waals surface area contributed by atoms with Crippen molar-refractivity contribution in [1.29, 1.82) is 0 Å². The number of anilines is 2. The molecule has 0 saturated carbocycles. The molecule has 2 aromatic rings. The van der Waals surface area contributed by atoms with Crippen molar-refractivity contribution in [3.05, 3.63) is 54.1 Å². The molecule has 5 N–H and O–H groups in total. The molecule has 0 bridgehead atoms. The molecule has 11 heteroatoms. The van der Waals surface area contributed by atoms with Crippen molar-refractivity contribution in [1.82, 2.24) is 5.32 Å². The van der Waals surface area contributed by atoms with Gasteiger partial charge in [-0.3, -0.25) is 9.52 Å². The summed E-state index contributed by atoms with van der Waals surface area (Å²) in [4.78, 5) is 23.2. The first-order valence-electron chi connectivity index (χ1n) is 8.98. The highest BCUT2D eigenvalue weighted by Gasteiger charge is 2.25. The Balaban J connectivity index is 2.11. The number of hydrogen-bond donors (Lipinski definition) is 4. The van der Waals surface area contributed by atoms with Crippen LogP contribution in [-0.4, -0.2) is 26.4 Å². The normalized spacial score (nSPS) is 13.2. The number of hydrogen-bond acceptors (Lipinski definition) is 4. The van der Waals surface area contributed by atoms with Gasteiger partial charge in [-0.25, -0.2) is 22.0 Å². The SMILES string of the molecule is CC[C@H](C)[C@@H](NC(N)=O)C(=O)Nc1ccc(NS(=O)(=O)c2ccc(F)c(F)c2)cc1. The van der Waals surface area contributed by atoms with Gasteiger partial charge in [0, 0.05) is 11.4 Å². The molecule has 0 aliphatic carbocycles. The van der Waals surface area contributed by atoms with E-state index >= 15 is 0 Å². The Bertz CT molecular complexity index is 1030. The van der Waals surface area contributed by atoms with Crippen molar-refractivity contribution in [2.45, 2.75) is 31.2 Å². The smallest absolute Gasteiger partial charge is 0.312 e. The maximum atomic E-state index is 13.3. The lowest BCUT2D eigenvalue weighted by atomic mass is 9.98. The number of amides is 3. The summed E-state index contributed by atoms with van der Waals surface area (Å²) in [5.41, 5.74) is 5.62. The standard InChI is InChI=1S/C19H22F2N4O4S/c1-3-11(2)17(24-19(22)27)18(26)23-12-4-6-13(7-5-12)25-30(28,29)14-8-9-15(20)16(21)10-14/h4-11,17,25H,3H2,1-2H3,(H,23,26)(H3,22,24,27)/t11-,17+/m0/s1. The van der Waals surface area contributed by atoms with Gasteiger partial charge in [0.25, 0.3) is 10.0 Å². The molecule has 2 aromatic carbocycles. The Morgan fingerprint density at radius 1 is 1.03 bits per heavy atom. The number of rotatable bonds is 8. The monoisotopic (exact) mass is 440 g/mol. The number of benzene rings is 2. The number of nitrogens with one attached hydrogen (secondary N) is 3. The number of primary amides is 1. The van der Waals surface area contributed by atoms with Crippen LogP contribution in [0.4, 0.5) is 25.0 Å². The van der Waals surface area contributed by atoms with Crippen molar-refractivity contribution in [2.75, 3.05) is 10.0 Å². The second-order valence-electron chi connectivity index (χ2n) is 6.62. The number of sulfonamides is 1. The largest absolute Gasteiger partial charge is 0.352 e. The predicted octanol–water partition coefficient (Wildman–Crippen LogP) is 2.79. The van der Waals surface area contributed by atoms with Gasteiger partial charge in [0.2, 0.25) is 5.91 Å². The number of nitrogens with two attached hydrogens (primary N) is 1. The minimum atomic E-state index is -4.14. The second-order valence-corrected chi connectivity index (χ2v) is 8.30. The minimum absolute atomic E-state index is 0.145. The molecule has 3 amide bonds. The molecule has 0 heterocycles. The highest BCUT2D eigenvalue weighted by Crippen LogP contribution is 2.20. The Labute approximate surface area is 172 Å². The first kappa shape index (κ1) is 23.1. The average Bonchev–Trinajstić information content (AvgIpc) is 2.68. The van der Waals surface area contributed by atoms with Gasteiger partial charge >= 0.3 is 6.03 Å². The van der Waals surface area contributed by atoms with Crippen LogP contribution in [0.2, 0.25) is 0 Å². The molecule has 0 radical (unpaired) electrons. The highest BCUT2D eigenvalue weighted by molar-refractivity contribution is 7.92. The molecular formula is C19H22F2N4O4S. The lowest BCUT2D eigenvalue weighted by Crippen LogP contribution is -2.49. The van der Waals surface area contributed by atoms with Crippen LogP contribution < -0.4 is 21.1 Å². The molecule has 0 aliphatic heterocycles. The zero-order valence-corrected chi connectivity index (χ0v) is 17.1. The molecule has 0 spiro atoms. The third-order valence-electron chi connectivity index (χ3n) is 4.40. The molecule has 162 valence electrons. The summed E-state index contributed by atoms with van der Waals surface area (Å²) >= 11 is 0. The van der Waals surface area contributed by atoms with E-state index in [-0.39, 0.29) is 11.6 Å². The number of carbonyl (C=O) groups is 2. The van der Waals surface area contributed by atoms with Crippen LogP contribution in [0.1, 0.15) is 20.3 Å². The van der Waals surface area contributed by atoms with Gasteiger partial charge in [-0.2, -0.15) is 0 Å². The summed E-state index contributed by atoms with van der Waals surface area (Å²) in [6, 6.07) is 6.23. The van der Waals surface area contributed by atoms with Crippen molar-refractivity contribution in [3.63, 3.8) is 0 Å². The van der Waals surface area contributed by atoms with Gasteiger partial charge in [-0.05, 0) is 48.4 Å². The third kappa shape index (κ3) is 5.89. The second kappa shape index (κ2) is 9.53. The van der Waals surface area contributed by atoms with E-state index in [4.69, 9.17) is 5.73 Å². The Hall–Kier alpha value is -3.21. The fourth-order valence-electron chi connectivity index (χ4n) is 2.55. The molecular weight excluding hydrogens is 418 g/mol. The van der Waals surface area contributed by atoms with E-state index in [0.717, 1.165) is 12.1 Å². The van der Waals surface area contributed by atoms with Gasteiger partial charge in [-0.1, -0.05) is 20.3 Å². The molecule has 0 unspecified atom stereocenters. The minimum Gasteiger partial charge on any atom is -0.352 e. The van der Waals surface area contributed by atoms with Gasteiger partial charge in [0.1, 0.15) is 6.04 Å². The van der Waals surface area contributed by atoms with Gasteiger partial charge in [-0.15, -0.1) is 0 Å². The number of halogens is 2. The fourth-order valence-corrected chi connectivity index (χ4v) is 3.62. The first-order chi connectivity index (χ1) is 14.0. The van der Waals surface area contributed by atoms with E-state index in [1.165, 1.54) is 24.3 Å². The highest BCUT2D eigenvalue weighted by atomic mass is 32.2. The predicted molar refractivity (Wildman–Crippen MR) is 108 cm³/mol. The van der Waals surface area contributed by atoms with Crippen LogP contribution in [0, 0.1) is 17.6 Å². The van der Waals surface area contributed by atoms with Crippen LogP contribution >= 0.6 is 0 Å². The van der Waals surface area contributed by atoms with E-state index in [1.807, 2.05) is 6.92 Å². The van der Waals surface area contributed by atoms with Crippen molar-refractivity contribution in [3.8, 4) is 0 Å². The van der Waals surface area contributed by atoms with E-state index in [1.54, 1.807) is 6.92 Å². The molecule has 0 aliphatic rings. The van der Waals surface area contributed by atoms with Gasteiger partial charge in [0.15, 0.2) is 11.6 Å². The van der Waals surface area contributed by atoms with E-state index in [9.17, 15) is 26.8 Å². The zero-order chi connectivity index (χ0) is 22.5. The molecule has 30 heavy (non-hydrogen) atoms. The fraction of sp³-hybridized carbons (Fsp3) is 0.263. The molecule has 0 fully saturated rings. The number of carbonyl (C=O) groups excluding carboxylic acids is 2. The van der Waals surface area contributed by atoms with Crippen LogP contribution in [0.3, 0.4) is 0 Å². The quantitative estimate of drug-likeness (QED) is 0.503. The summed E-state index contributed by atoms with van der Waals surface area (Å²) in [6.45, 7) is 3.65. The molecule has 8 nitrogen and oxygen atoms in total. The van der Waals surface area contributed by atoms with Crippen molar-refractivity contribution >= 4 is 33.3 Å². The lowest BCUT2D eigenvalue weighted by molar-refractivity contribution is -0.119.